The highest BCUT2D eigenvalue weighted by Gasteiger charge is 2.32. The van der Waals surface area contributed by atoms with Gasteiger partial charge >= 0.3 is 0 Å². The molecule has 0 saturated carbocycles. The van der Waals surface area contributed by atoms with Crippen LogP contribution in [0.1, 0.15) is 31.4 Å². The van der Waals surface area contributed by atoms with Gasteiger partial charge in [-0.1, -0.05) is 38.1 Å². The van der Waals surface area contributed by atoms with Crippen molar-refractivity contribution >= 4 is 11.8 Å². The minimum atomic E-state index is -0.536. The van der Waals surface area contributed by atoms with Gasteiger partial charge in [0.15, 0.2) is 0 Å². The van der Waals surface area contributed by atoms with Crippen molar-refractivity contribution in [2.75, 3.05) is 6.54 Å². The molecule has 0 spiro atoms. The normalized spacial score (nSPS) is 17.7. The van der Waals surface area contributed by atoms with Gasteiger partial charge in [0, 0.05) is 32.0 Å². The second-order valence-electron chi connectivity index (χ2n) is 5.77. The molecule has 1 aromatic rings. The third-order valence-corrected chi connectivity index (χ3v) is 3.79. The zero-order valence-corrected chi connectivity index (χ0v) is 12.6. The molecule has 5 nitrogen and oxygen atoms in total. The van der Waals surface area contributed by atoms with Gasteiger partial charge in [-0.05, 0) is 11.1 Å². The Kier molecular flexibility index (Phi) is 4.96. The van der Waals surface area contributed by atoms with Gasteiger partial charge in [0.1, 0.15) is 6.04 Å². The first kappa shape index (κ1) is 15.5. The van der Waals surface area contributed by atoms with Crippen LogP contribution in [0, 0.1) is 0 Å². The van der Waals surface area contributed by atoms with E-state index in [9.17, 15) is 9.59 Å². The fourth-order valence-electron chi connectivity index (χ4n) is 2.65. The van der Waals surface area contributed by atoms with Crippen molar-refractivity contribution in [1.82, 2.24) is 10.2 Å². The minimum Gasteiger partial charge on any atom is -0.368 e. The molecule has 2 amide bonds. The van der Waals surface area contributed by atoms with Crippen molar-refractivity contribution in [1.29, 1.82) is 0 Å². The Morgan fingerprint density at radius 1 is 1.33 bits per heavy atom. The quantitative estimate of drug-likeness (QED) is 0.842. The van der Waals surface area contributed by atoms with Crippen LogP contribution in [-0.2, 0) is 22.6 Å². The van der Waals surface area contributed by atoms with E-state index in [-0.39, 0.29) is 5.91 Å². The van der Waals surface area contributed by atoms with Crippen LogP contribution in [0.2, 0.25) is 0 Å². The summed E-state index contributed by atoms with van der Waals surface area (Å²) < 4.78 is 0. The summed E-state index contributed by atoms with van der Waals surface area (Å²) in [4.78, 5) is 25.7. The maximum Gasteiger partial charge on any atom is 0.240 e. The molecule has 1 aromatic carbocycles. The number of nitrogens with one attached hydrogen (secondary N) is 1. The number of primary amides is 1. The lowest BCUT2D eigenvalue weighted by Crippen LogP contribution is -2.51. The molecular weight excluding hydrogens is 266 g/mol. The van der Waals surface area contributed by atoms with Crippen molar-refractivity contribution < 1.29 is 9.59 Å². The molecule has 114 valence electrons. The van der Waals surface area contributed by atoms with Crippen LogP contribution in [0.15, 0.2) is 24.3 Å². The van der Waals surface area contributed by atoms with Gasteiger partial charge in [-0.25, -0.2) is 0 Å². The molecular formula is C16H23N3O2. The van der Waals surface area contributed by atoms with Crippen molar-refractivity contribution in [2.45, 2.75) is 45.3 Å². The van der Waals surface area contributed by atoms with Crippen LogP contribution in [-0.4, -0.2) is 35.3 Å². The van der Waals surface area contributed by atoms with Crippen molar-refractivity contribution in [2.24, 2.45) is 5.73 Å². The minimum absolute atomic E-state index is 0.0264. The molecule has 21 heavy (non-hydrogen) atoms. The molecule has 3 N–H and O–H groups in total. The van der Waals surface area contributed by atoms with E-state index in [0.29, 0.717) is 32.0 Å². The molecule has 1 heterocycles. The smallest absolute Gasteiger partial charge is 0.240 e. The fraction of sp³-hybridized carbons (Fsp3) is 0.500. The summed E-state index contributed by atoms with van der Waals surface area (Å²) in [6.07, 6.45) is 0.888. The van der Waals surface area contributed by atoms with Crippen molar-refractivity contribution in [3.8, 4) is 0 Å². The molecule has 2 rings (SSSR count). The SMILES string of the molecule is CC(C)NCCC(=O)N1Cc2ccccc2C[C@H]1C(N)=O. The van der Waals surface area contributed by atoms with E-state index in [2.05, 4.69) is 5.32 Å². The fourth-order valence-corrected chi connectivity index (χ4v) is 2.65. The Hall–Kier alpha value is -1.88. The van der Waals surface area contributed by atoms with Gasteiger partial charge in [-0.2, -0.15) is 0 Å². The number of amides is 2. The van der Waals surface area contributed by atoms with E-state index in [1.54, 1.807) is 4.90 Å². The Bertz CT molecular complexity index is 528. The molecule has 0 aliphatic carbocycles. The summed E-state index contributed by atoms with van der Waals surface area (Å²) in [6, 6.07) is 7.69. The highest BCUT2D eigenvalue weighted by Crippen LogP contribution is 2.23. The van der Waals surface area contributed by atoms with Crippen LogP contribution < -0.4 is 11.1 Å². The summed E-state index contributed by atoms with van der Waals surface area (Å²) in [7, 11) is 0. The van der Waals surface area contributed by atoms with E-state index in [4.69, 9.17) is 5.73 Å². The Labute approximate surface area is 125 Å². The van der Waals surface area contributed by atoms with Gasteiger partial charge in [0.25, 0.3) is 0 Å². The molecule has 0 saturated heterocycles. The van der Waals surface area contributed by atoms with Gasteiger partial charge < -0.3 is 16.0 Å². The summed E-state index contributed by atoms with van der Waals surface area (Å²) >= 11 is 0. The van der Waals surface area contributed by atoms with Crippen LogP contribution in [0.25, 0.3) is 0 Å². The second-order valence-corrected chi connectivity index (χ2v) is 5.77. The summed E-state index contributed by atoms with van der Waals surface area (Å²) in [5, 5.41) is 3.22. The van der Waals surface area contributed by atoms with E-state index in [1.807, 2.05) is 38.1 Å². The van der Waals surface area contributed by atoms with Crippen molar-refractivity contribution in [3.63, 3.8) is 0 Å². The van der Waals surface area contributed by atoms with Gasteiger partial charge in [0.05, 0.1) is 0 Å². The number of benzene rings is 1. The largest absolute Gasteiger partial charge is 0.368 e. The maximum absolute atomic E-state index is 12.4. The third kappa shape index (κ3) is 3.82. The Morgan fingerprint density at radius 2 is 2.00 bits per heavy atom. The molecule has 5 heteroatoms. The predicted molar refractivity (Wildman–Crippen MR) is 81.4 cm³/mol. The van der Waals surface area contributed by atoms with E-state index >= 15 is 0 Å². The average molecular weight is 289 g/mol. The van der Waals surface area contributed by atoms with Crippen LogP contribution in [0.5, 0.6) is 0 Å². The number of nitrogens with two attached hydrogens (primary N) is 1. The Balaban J connectivity index is 2.09. The van der Waals surface area contributed by atoms with E-state index < -0.39 is 11.9 Å². The summed E-state index contributed by atoms with van der Waals surface area (Å²) in [6.45, 7) is 5.14. The molecule has 0 bridgehead atoms. The van der Waals surface area contributed by atoms with Crippen molar-refractivity contribution in [3.05, 3.63) is 35.4 Å². The Morgan fingerprint density at radius 3 is 2.62 bits per heavy atom. The number of hydrogen-bond acceptors (Lipinski definition) is 3. The van der Waals surface area contributed by atoms with Crippen LogP contribution in [0.3, 0.4) is 0 Å². The van der Waals surface area contributed by atoms with Crippen LogP contribution >= 0.6 is 0 Å². The lowest BCUT2D eigenvalue weighted by Gasteiger charge is -2.35. The van der Waals surface area contributed by atoms with Gasteiger partial charge in [-0.15, -0.1) is 0 Å². The first-order valence-electron chi connectivity index (χ1n) is 7.38. The highest BCUT2D eigenvalue weighted by molar-refractivity contribution is 5.87. The molecule has 0 radical (unpaired) electrons. The number of rotatable bonds is 5. The monoisotopic (exact) mass is 289 g/mol. The number of carbonyl (C=O) groups excluding carboxylic acids is 2. The number of fused-ring (bicyclic) bond motifs is 1. The third-order valence-electron chi connectivity index (χ3n) is 3.79. The van der Waals surface area contributed by atoms with Crippen LogP contribution in [0.4, 0.5) is 0 Å². The lowest BCUT2D eigenvalue weighted by molar-refractivity contribution is -0.140. The highest BCUT2D eigenvalue weighted by atomic mass is 16.2. The zero-order valence-electron chi connectivity index (χ0n) is 12.6. The lowest BCUT2D eigenvalue weighted by atomic mass is 9.93. The van der Waals surface area contributed by atoms with E-state index in [1.165, 1.54) is 0 Å². The molecule has 1 atom stereocenters. The standard InChI is InChI=1S/C16H23N3O2/c1-11(2)18-8-7-15(20)19-10-13-6-4-3-5-12(13)9-14(19)16(17)21/h3-6,11,14,18H,7-10H2,1-2H3,(H2,17,21)/t14-/m0/s1. The molecule has 1 aliphatic rings. The molecule has 0 fully saturated rings. The van der Waals surface area contributed by atoms with Gasteiger partial charge in [-0.3, -0.25) is 9.59 Å². The number of carbonyl (C=O) groups is 2. The number of hydrogen-bond donors (Lipinski definition) is 2. The first-order valence-corrected chi connectivity index (χ1v) is 7.38. The second kappa shape index (κ2) is 6.72. The summed E-state index contributed by atoms with van der Waals surface area (Å²) in [5.74, 6) is -0.462. The van der Waals surface area contributed by atoms with Gasteiger partial charge in [0.2, 0.25) is 11.8 Å². The molecule has 0 unspecified atom stereocenters. The first-order chi connectivity index (χ1) is 9.99. The zero-order chi connectivity index (χ0) is 15.4. The molecule has 0 aromatic heterocycles. The average Bonchev–Trinajstić information content (AvgIpc) is 2.45. The van der Waals surface area contributed by atoms with E-state index in [0.717, 1.165) is 11.1 Å². The maximum atomic E-state index is 12.4. The molecule has 1 aliphatic heterocycles. The summed E-state index contributed by atoms with van der Waals surface area (Å²) in [5.41, 5.74) is 7.68. The topological polar surface area (TPSA) is 75.4 Å². The number of nitrogens with zero attached hydrogens (tertiary/aromatic N) is 1. The predicted octanol–water partition coefficient (Wildman–Crippen LogP) is 0.813.